The number of amides is 1. The lowest BCUT2D eigenvalue weighted by Gasteiger charge is -2.18. The van der Waals surface area contributed by atoms with Gasteiger partial charge in [-0.1, -0.05) is 12.1 Å². The number of aromatic nitrogens is 1. The quantitative estimate of drug-likeness (QED) is 0.871. The highest BCUT2D eigenvalue weighted by Crippen LogP contribution is 2.21. The average Bonchev–Trinajstić information content (AvgIpc) is 2.75. The molecule has 0 bridgehead atoms. The summed E-state index contributed by atoms with van der Waals surface area (Å²) in [4.78, 5) is 18.8. The highest BCUT2D eigenvalue weighted by Gasteiger charge is 2.12. The SMILES string of the molecule is O=C(CN1CCCNCC1)NCCc1nc2ccccc2s1. The van der Waals surface area contributed by atoms with Gasteiger partial charge in [-0.2, -0.15) is 0 Å². The Morgan fingerprint density at radius 3 is 3.14 bits per heavy atom. The van der Waals surface area contributed by atoms with E-state index in [4.69, 9.17) is 0 Å². The van der Waals surface area contributed by atoms with Gasteiger partial charge in [0.25, 0.3) is 0 Å². The third kappa shape index (κ3) is 4.25. The Hall–Kier alpha value is -1.50. The van der Waals surface area contributed by atoms with E-state index in [0.717, 1.165) is 49.5 Å². The summed E-state index contributed by atoms with van der Waals surface area (Å²) in [5.41, 5.74) is 1.05. The van der Waals surface area contributed by atoms with Gasteiger partial charge < -0.3 is 10.6 Å². The van der Waals surface area contributed by atoms with Crippen molar-refractivity contribution in [1.82, 2.24) is 20.5 Å². The summed E-state index contributed by atoms with van der Waals surface area (Å²) in [5.74, 6) is 0.114. The smallest absolute Gasteiger partial charge is 0.234 e. The minimum Gasteiger partial charge on any atom is -0.355 e. The minimum atomic E-state index is 0.114. The van der Waals surface area contributed by atoms with Crippen LogP contribution in [0, 0.1) is 0 Å². The molecule has 2 N–H and O–H groups in total. The summed E-state index contributed by atoms with van der Waals surface area (Å²) in [6.07, 6.45) is 1.91. The molecular weight excluding hydrogens is 296 g/mol. The fourth-order valence-corrected chi connectivity index (χ4v) is 3.62. The molecular formula is C16H22N4OS. The Morgan fingerprint density at radius 1 is 1.32 bits per heavy atom. The lowest BCUT2D eigenvalue weighted by molar-refractivity contribution is -0.122. The molecule has 2 heterocycles. The van der Waals surface area contributed by atoms with E-state index in [0.29, 0.717) is 13.1 Å². The van der Waals surface area contributed by atoms with Crippen LogP contribution in [0.5, 0.6) is 0 Å². The zero-order valence-electron chi connectivity index (χ0n) is 12.7. The van der Waals surface area contributed by atoms with Crippen molar-refractivity contribution < 1.29 is 4.79 Å². The largest absolute Gasteiger partial charge is 0.355 e. The first-order valence-electron chi connectivity index (χ1n) is 7.85. The normalized spacial score (nSPS) is 16.5. The predicted octanol–water partition coefficient (Wildman–Crippen LogP) is 1.25. The number of thiazole rings is 1. The molecule has 0 unspecified atom stereocenters. The molecule has 0 atom stereocenters. The van der Waals surface area contributed by atoms with Gasteiger partial charge in [-0.3, -0.25) is 9.69 Å². The van der Waals surface area contributed by atoms with Crippen molar-refractivity contribution in [3.05, 3.63) is 29.3 Å². The Labute approximate surface area is 134 Å². The zero-order chi connectivity index (χ0) is 15.2. The Morgan fingerprint density at radius 2 is 2.23 bits per heavy atom. The number of carbonyl (C=O) groups excluding carboxylic acids is 1. The Balaban J connectivity index is 1.43. The summed E-state index contributed by atoms with van der Waals surface area (Å²) in [5, 5.41) is 7.44. The van der Waals surface area contributed by atoms with Gasteiger partial charge in [-0.05, 0) is 31.6 Å². The number of hydrogen-bond acceptors (Lipinski definition) is 5. The molecule has 6 heteroatoms. The fourth-order valence-electron chi connectivity index (χ4n) is 2.65. The second-order valence-corrected chi connectivity index (χ2v) is 6.67. The first-order chi connectivity index (χ1) is 10.8. The summed E-state index contributed by atoms with van der Waals surface area (Å²) >= 11 is 1.71. The molecule has 0 radical (unpaired) electrons. The molecule has 1 aromatic heterocycles. The minimum absolute atomic E-state index is 0.114. The van der Waals surface area contributed by atoms with E-state index in [-0.39, 0.29) is 5.91 Å². The molecule has 1 amide bonds. The Kier molecular flexibility index (Phi) is 5.37. The Bertz CT molecular complexity index is 586. The van der Waals surface area contributed by atoms with Crippen LogP contribution in [0.25, 0.3) is 10.2 Å². The number of para-hydroxylation sites is 1. The van der Waals surface area contributed by atoms with Crippen molar-refractivity contribution in [2.75, 3.05) is 39.3 Å². The maximum absolute atomic E-state index is 12.0. The van der Waals surface area contributed by atoms with Crippen molar-refractivity contribution in [2.24, 2.45) is 0 Å². The highest BCUT2D eigenvalue weighted by molar-refractivity contribution is 7.18. The second kappa shape index (κ2) is 7.67. The number of carbonyl (C=O) groups is 1. The van der Waals surface area contributed by atoms with Gasteiger partial charge in [-0.25, -0.2) is 4.98 Å². The molecule has 0 spiro atoms. The first kappa shape index (κ1) is 15.4. The summed E-state index contributed by atoms with van der Waals surface area (Å²) < 4.78 is 1.21. The maximum atomic E-state index is 12.0. The van der Waals surface area contributed by atoms with E-state index in [1.165, 1.54) is 4.70 Å². The lowest BCUT2D eigenvalue weighted by atomic mass is 10.3. The van der Waals surface area contributed by atoms with E-state index in [1.807, 2.05) is 18.2 Å². The van der Waals surface area contributed by atoms with Crippen LogP contribution in [0.2, 0.25) is 0 Å². The molecule has 1 fully saturated rings. The average molecular weight is 318 g/mol. The summed E-state index contributed by atoms with van der Waals surface area (Å²) in [7, 11) is 0. The lowest BCUT2D eigenvalue weighted by Crippen LogP contribution is -2.39. The van der Waals surface area contributed by atoms with Crippen LogP contribution in [0.3, 0.4) is 0 Å². The standard InChI is InChI=1S/C16H22N4OS/c21-15(12-20-10-3-7-17-9-11-20)18-8-6-16-19-13-4-1-2-5-14(13)22-16/h1-2,4-5,17H,3,6-12H2,(H,18,21). The topological polar surface area (TPSA) is 57.3 Å². The summed E-state index contributed by atoms with van der Waals surface area (Å²) in [6, 6.07) is 8.15. The van der Waals surface area contributed by atoms with E-state index >= 15 is 0 Å². The molecule has 2 aromatic rings. The van der Waals surface area contributed by atoms with Crippen LogP contribution in [-0.4, -0.2) is 55.1 Å². The molecule has 1 aromatic carbocycles. The predicted molar refractivity (Wildman–Crippen MR) is 90.3 cm³/mol. The first-order valence-corrected chi connectivity index (χ1v) is 8.67. The van der Waals surface area contributed by atoms with E-state index in [2.05, 4.69) is 26.6 Å². The van der Waals surface area contributed by atoms with Gasteiger partial charge in [0.05, 0.1) is 21.8 Å². The third-order valence-electron chi connectivity index (χ3n) is 3.80. The van der Waals surface area contributed by atoms with Crippen molar-refractivity contribution in [2.45, 2.75) is 12.8 Å². The summed E-state index contributed by atoms with van der Waals surface area (Å²) in [6.45, 7) is 5.13. The second-order valence-electron chi connectivity index (χ2n) is 5.55. The van der Waals surface area contributed by atoms with Crippen LogP contribution in [-0.2, 0) is 11.2 Å². The van der Waals surface area contributed by atoms with Gasteiger partial charge in [0, 0.05) is 26.1 Å². The van der Waals surface area contributed by atoms with E-state index in [9.17, 15) is 4.79 Å². The van der Waals surface area contributed by atoms with E-state index in [1.54, 1.807) is 11.3 Å². The third-order valence-corrected chi connectivity index (χ3v) is 4.90. The van der Waals surface area contributed by atoms with E-state index < -0.39 is 0 Å². The number of fused-ring (bicyclic) bond motifs is 1. The van der Waals surface area contributed by atoms with Gasteiger partial charge >= 0.3 is 0 Å². The van der Waals surface area contributed by atoms with Gasteiger partial charge in [0.1, 0.15) is 0 Å². The van der Waals surface area contributed by atoms with Crippen LogP contribution in [0.1, 0.15) is 11.4 Å². The zero-order valence-corrected chi connectivity index (χ0v) is 13.5. The van der Waals surface area contributed by atoms with Crippen molar-refractivity contribution >= 4 is 27.5 Å². The van der Waals surface area contributed by atoms with Crippen LogP contribution in [0.4, 0.5) is 0 Å². The molecule has 5 nitrogen and oxygen atoms in total. The molecule has 3 rings (SSSR count). The van der Waals surface area contributed by atoms with Crippen LogP contribution >= 0.6 is 11.3 Å². The molecule has 1 aliphatic rings. The van der Waals surface area contributed by atoms with Crippen LogP contribution < -0.4 is 10.6 Å². The van der Waals surface area contributed by atoms with Gasteiger partial charge in [0.2, 0.25) is 5.91 Å². The van der Waals surface area contributed by atoms with Gasteiger partial charge in [-0.15, -0.1) is 11.3 Å². The maximum Gasteiger partial charge on any atom is 0.234 e. The number of hydrogen-bond donors (Lipinski definition) is 2. The fraction of sp³-hybridized carbons (Fsp3) is 0.500. The van der Waals surface area contributed by atoms with Crippen LogP contribution in [0.15, 0.2) is 24.3 Å². The number of nitrogens with zero attached hydrogens (tertiary/aromatic N) is 2. The number of nitrogens with one attached hydrogen (secondary N) is 2. The molecule has 0 aliphatic carbocycles. The van der Waals surface area contributed by atoms with Crippen molar-refractivity contribution in [1.29, 1.82) is 0 Å². The molecule has 22 heavy (non-hydrogen) atoms. The number of rotatable bonds is 5. The highest BCUT2D eigenvalue weighted by atomic mass is 32.1. The van der Waals surface area contributed by atoms with Crippen molar-refractivity contribution in [3.8, 4) is 0 Å². The molecule has 118 valence electrons. The van der Waals surface area contributed by atoms with Crippen molar-refractivity contribution in [3.63, 3.8) is 0 Å². The molecule has 1 aliphatic heterocycles. The molecule has 1 saturated heterocycles. The molecule has 0 saturated carbocycles. The number of benzene rings is 1. The monoisotopic (exact) mass is 318 g/mol. The van der Waals surface area contributed by atoms with Gasteiger partial charge in [0.15, 0.2) is 0 Å².